The normalized spacial score (nSPS) is 11.1. The maximum Gasteiger partial charge on any atom is 0.248 e. The first-order chi connectivity index (χ1) is 7.74. The zero-order valence-electron chi connectivity index (χ0n) is 8.20. The largest absolute Gasteiger partial charge is 0.321 e. The van der Waals surface area contributed by atoms with E-state index >= 15 is 0 Å². The van der Waals surface area contributed by atoms with Gasteiger partial charge in [-0.05, 0) is 24.3 Å². The summed E-state index contributed by atoms with van der Waals surface area (Å²) in [6.07, 6.45) is 1.77. The Hall–Kier alpha value is -1.68. The standard InChI is InChI=1S/C12H7BrN2O/c13-8-2-3-10-9(5-8)12-7(6-14-10)1-4-11(16)15-12/h1-6H,(H,15,16). The Morgan fingerprint density at radius 3 is 2.94 bits per heavy atom. The van der Waals surface area contributed by atoms with Crippen LogP contribution in [0.25, 0.3) is 21.8 Å². The molecule has 4 heteroatoms. The van der Waals surface area contributed by atoms with Gasteiger partial charge < -0.3 is 4.98 Å². The summed E-state index contributed by atoms with van der Waals surface area (Å²) >= 11 is 3.42. The molecule has 0 aliphatic heterocycles. The summed E-state index contributed by atoms with van der Waals surface area (Å²) in [7, 11) is 0. The number of hydrogen-bond donors (Lipinski definition) is 1. The Morgan fingerprint density at radius 1 is 1.19 bits per heavy atom. The third-order valence-corrected chi connectivity index (χ3v) is 3.02. The van der Waals surface area contributed by atoms with E-state index in [0.29, 0.717) is 0 Å². The lowest BCUT2D eigenvalue weighted by Gasteiger charge is -2.02. The number of aromatic amines is 1. The van der Waals surface area contributed by atoms with E-state index in [2.05, 4.69) is 25.9 Å². The van der Waals surface area contributed by atoms with E-state index in [1.54, 1.807) is 12.3 Å². The molecule has 3 rings (SSSR count). The van der Waals surface area contributed by atoms with Crippen molar-refractivity contribution in [1.29, 1.82) is 0 Å². The second-order valence-electron chi connectivity index (χ2n) is 3.57. The van der Waals surface area contributed by atoms with Gasteiger partial charge in [-0.1, -0.05) is 15.9 Å². The van der Waals surface area contributed by atoms with Crippen LogP contribution < -0.4 is 5.56 Å². The van der Waals surface area contributed by atoms with Gasteiger partial charge in [-0.25, -0.2) is 0 Å². The number of H-pyrrole nitrogens is 1. The number of nitrogens with one attached hydrogen (secondary N) is 1. The highest BCUT2D eigenvalue weighted by molar-refractivity contribution is 9.10. The lowest BCUT2D eigenvalue weighted by Crippen LogP contribution is -2.02. The molecule has 0 saturated heterocycles. The predicted octanol–water partition coefficient (Wildman–Crippen LogP) is 2.84. The molecule has 0 fully saturated rings. The fourth-order valence-electron chi connectivity index (χ4n) is 1.78. The van der Waals surface area contributed by atoms with Crippen molar-refractivity contribution < 1.29 is 0 Å². The van der Waals surface area contributed by atoms with Crippen molar-refractivity contribution >= 4 is 37.7 Å². The van der Waals surface area contributed by atoms with Gasteiger partial charge in [0.25, 0.3) is 0 Å². The first-order valence-electron chi connectivity index (χ1n) is 4.81. The number of pyridine rings is 2. The molecule has 1 aromatic carbocycles. The molecule has 0 atom stereocenters. The monoisotopic (exact) mass is 274 g/mol. The Labute approximate surface area is 99.3 Å². The maximum atomic E-state index is 11.3. The second kappa shape index (κ2) is 3.42. The molecule has 78 valence electrons. The Kier molecular flexibility index (Phi) is 2.04. The molecule has 0 aliphatic carbocycles. The average molecular weight is 275 g/mol. The molecule has 0 saturated carbocycles. The Balaban J connectivity index is 2.60. The van der Waals surface area contributed by atoms with E-state index in [-0.39, 0.29) is 5.56 Å². The first-order valence-corrected chi connectivity index (χ1v) is 5.61. The quantitative estimate of drug-likeness (QED) is 0.641. The van der Waals surface area contributed by atoms with Crippen LogP contribution >= 0.6 is 15.9 Å². The zero-order valence-corrected chi connectivity index (χ0v) is 9.78. The first kappa shape index (κ1) is 9.54. The summed E-state index contributed by atoms with van der Waals surface area (Å²) in [5.74, 6) is 0. The van der Waals surface area contributed by atoms with Crippen molar-refractivity contribution in [1.82, 2.24) is 9.97 Å². The van der Waals surface area contributed by atoms with Gasteiger partial charge in [-0.3, -0.25) is 9.78 Å². The Bertz CT molecular complexity index is 749. The SMILES string of the molecule is O=c1ccc2cnc3ccc(Br)cc3c2[nH]1. The van der Waals surface area contributed by atoms with Crippen molar-refractivity contribution in [3.8, 4) is 0 Å². The van der Waals surface area contributed by atoms with Crippen LogP contribution in [0, 0.1) is 0 Å². The molecule has 3 aromatic rings. The molecule has 0 radical (unpaired) electrons. The van der Waals surface area contributed by atoms with Gasteiger partial charge in [0, 0.05) is 27.5 Å². The van der Waals surface area contributed by atoms with Crippen LogP contribution in [-0.2, 0) is 0 Å². The minimum Gasteiger partial charge on any atom is -0.321 e. The van der Waals surface area contributed by atoms with Crippen LogP contribution in [0.15, 0.2) is 45.8 Å². The molecule has 0 unspecified atom stereocenters. The summed E-state index contributed by atoms with van der Waals surface area (Å²) < 4.78 is 0.971. The molecule has 2 heterocycles. The molecule has 16 heavy (non-hydrogen) atoms. The number of benzene rings is 1. The van der Waals surface area contributed by atoms with E-state index in [4.69, 9.17) is 0 Å². The van der Waals surface area contributed by atoms with E-state index < -0.39 is 0 Å². The van der Waals surface area contributed by atoms with Gasteiger partial charge in [-0.2, -0.15) is 0 Å². The maximum absolute atomic E-state index is 11.3. The second-order valence-corrected chi connectivity index (χ2v) is 4.49. The van der Waals surface area contributed by atoms with Gasteiger partial charge in [0.1, 0.15) is 0 Å². The summed E-state index contributed by atoms with van der Waals surface area (Å²) in [6, 6.07) is 9.10. The number of aromatic nitrogens is 2. The Morgan fingerprint density at radius 2 is 2.06 bits per heavy atom. The van der Waals surface area contributed by atoms with Crippen molar-refractivity contribution in [3.05, 3.63) is 51.4 Å². The number of rotatable bonds is 0. The third-order valence-electron chi connectivity index (χ3n) is 2.52. The molecule has 0 aliphatic rings. The molecule has 2 aromatic heterocycles. The number of nitrogens with zero attached hydrogens (tertiary/aromatic N) is 1. The van der Waals surface area contributed by atoms with Crippen molar-refractivity contribution in [2.75, 3.05) is 0 Å². The van der Waals surface area contributed by atoms with Gasteiger partial charge in [0.2, 0.25) is 5.56 Å². The van der Waals surface area contributed by atoms with Gasteiger partial charge >= 0.3 is 0 Å². The van der Waals surface area contributed by atoms with E-state index in [1.165, 1.54) is 6.07 Å². The topological polar surface area (TPSA) is 45.8 Å². The minimum absolute atomic E-state index is 0.0972. The minimum atomic E-state index is -0.0972. The smallest absolute Gasteiger partial charge is 0.248 e. The summed E-state index contributed by atoms with van der Waals surface area (Å²) in [4.78, 5) is 18.5. The number of hydrogen-bond acceptors (Lipinski definition) is 2. The van der Waals surface area contributed by atoms with Gasteiger partial charge in [0.05, 0.1) is 11.0 Å². The van der Waals surface area contributed by atoms with Crippen LogP contribution in [0.3, 0.4) is 0 Å². The van der Waals surface area contributed by atoms with Crippen molar-refractivity contribution in [3.63, 3.8) is 0 Å². The molecule has 1 N–H and O–H groups in total. The van der Waals surface area contributed by atoms with E-state index in [0.717, 1.165) is 26.3 Å². The fourth-order valence-corrected chi connectivity index (χ4v) is 2.14. The van der Waals surface area contributed by atoms with Crippen molar-refractivity contribution in [2.24, 2.45) is 0 Å². The van der Waals surface area contributed by atoms with Crippen molar-refractivity contribution in [2.45, 2.75) is 0 Å². The lowest BCUT2D eigenvalue weighted by atomic mass is 10.1. The molecule has 0 amide bonds. The van der Waals surface area contributed by atoms with Crippen LogP contribution in [0.1, 0.15) is 0 Å². The molecular weight excluding hydrogens is 268 g/mol. The van der Waals surface area contributed by atoms with E-state index in [1.807, 2.05) is 18.2 Å². The molecular formula is C12H7BrN2O. The van der Waals surface area contributed by atoms with Gasteiger partial charge in [0.15, 0.2) is 0 Å². The summed E-state index contributed by atoms with van der Waals surface area (Å²) in [6.45, 7) is 0. The summed E-state index contributed by atoms with van der Waals surface area (Å²) in [5.41, 5.74) is 1.61. The third kappa shape index (κ3) is 1.42. The molecule has 0 spiro atoms. The fraction of sp³-hybridized carbons (Fsp3) is 0. The summed E-state index contributed by atoms with van der Waals surface area (Å²) in [5, 5.41) is 1.88. The number of fused-ring (bicyclic) bond motifs is 3. The molecule has 0 bridgehead atoms. The van der Waals surface area contributed by atoms with Crippen LogP contribution in [0.2, 0.25) is 0 Å². The van der Waals surface area contributed by atoms with Gasteiger partial charge in [-0.15, -0.1) is 0 Å². The predicted molar refractivity (Wildman–Crippen MR) is 67.6 cm³/mol. The lowest BCUT2D eigenvalue weighted by molar-refractivity contribution is 1.30. The zero-order chi connectivity index (χ0) is 11.1. The average Bonchev–Trinajstić information content (AvgIpc) is 2.29. The molecule has 3 nitrogen and oxygen atoms in total. The van der Waals surface area contributed by atoms with Crippen LogP contribution in [-0.4, -0.2) is 9.97 Å². The highest BCUT2D eigenvalue weighted by Crippen LogP contribution is 2.23. The highest BCUT2D eigenvalue weighted by Gasteiger charge is 2.02. The van der Waals surface area contributed by atoms with Crippen LogP contribution in [0.5, 0.6) is 0 Å². The number of halogens is 1. The highest BCUT2D eigenvalue weighted by atomic mass is 79.9. The van der Waals surface area contributed by atoms with E-state index in [9.17, 15) is 4.79 Å². The van der Waals surface area contributed by atoms with Crippen LogP contribution in [0.4, 0.5) is 0 Å².